The number of imide groups is 1. The van der Waals surface area contributed by atoms with Gasteiger partial charge in [0.05, 0.1) is 6.54 Å². The van der Waals surface area contributed by atoms with Gasteiger partial charge in [-0.25, -0.2) is 9.59 Å². The van der Waals surface area contributed by atoms with Crippen molar-refractivity contribution >= 4 is 29.6 Å². The van der Waals surface area contributed by atoms with Crippen molar-refractivity contribution in [2.75, 3.05) is 18.9 Å². The smallest absolute Gasteiger partial charge is 0.327 e. The van der Waals surface area contributed by atoms with Gasteiger partial charge in [0, 0.05) is 31.4 Å². The van der Waals surface area contributed by atoms with E-state index >= 15 is 0 Å². The minimum absolute atomic E-state index is 0.00745. The molecule has 3 aromatic carbocycles. The van der Waals surface area contributed by atoms with Crippen LogP contribution in [0.15, 0.2) is 66.7 Å². The van der Waals surface area contributed by atoms with E-state index in [0.717, 1.165) is 27.2 Å². The van der Waals surface area contributed by atoms with Crippen molar-refractivity contribution < 1.29 is 19.2 Å². The second-order valence-corrected chi connectivity index (χ2v) is 8.96. The zero-order valence-electron chi connectivity index (χ0n) is 19.7. The number of carbonyl (C=O) groups excluding carboxylic acids is 4. The van der Waals surface area contributed by atoms with E-state index in [1.165, 1.54) is 17.0 Å². The summed E-state index contributed by atoms with van der Waals surface area (Å²) in [5.74, 6) is -0.984. The number of rotatable bonds is 4. The fourth-order valence-corrected chi connectivity index (χ4v) is 4.63. The lowest BCUT2D eigenvalue weighted by Gasteiger charge is -2.24. The number of amides is 6. The number of hydrogen-bond donors (Lipinski definition) is 2. The van der Waals surface area contributed by atoms with Crippen LogP contribution in [-0.4, -0.2) is 52.2 Å². The highest BCUT2D eigenvalue weighted by Crippen LogP contribution is 2.33. The molecule has 2 aliphatic heterocycles. The van der Waals surface area contributed by atoms with Gasteiger partial charge in [-0.05, 0) is 39.9 Å². The Morgan fingerprint density at radius 1 is 0.889 bits per heavy atom. The summed E-state index contributed by atoms with van der Waals surface area (Å²) in [6, 6.07) is 19.7. The van der Waals surface area contributed by atoms with Crippen LogP contribution >= 0.6 is 0 Å². The maximum atomic E-state index is 13.5. The first kappa shape index (κ1) is 23.1. The molecule has 1 fully saturated rings. The molecule has 0 unspecified atom stereocenters. The van der Waals surface area contributed by atoms with E-state index in [4.69, 9.17) is 5.73 Å². The molecule has 1 saturated heterocycles. The quantitative estimate of drug-likeness (QED) is 0.553. The van der Waals surface area contributed by atoms with E-state index in [1.54, 1.807) is 18.0 Å². The summed E-state index contributed by atoms with van der Waals surface area (Å²) in [6.07, 6.45) is 0. The molecule has 9 heteroatoms. The average Bonchev–Trinajstić information content (AvgIpc) is 3.02. The third-order valence-corrected chi connectivity index (χ3v) is 6.53. The summed E-state index contributed by atoms with van der Waals surface area (Å²) < 4.78 is 0. The minimum Gasteiger partial charge on any atom is -0.366 e. The number of primary amides is 1. The molecule has 0 saturated carbocycles. The Morgan fingerprint density at radius 3 is 2.06 bits per heavy atom. The van der Waals surface area contributed by atoms with Crippen LogP contribution in [0.2, 0.25) is 0 Å². The normalized spacial score (nSPS) is 14.9. The van der Waals surface area contributed by atoms with E-state index in [0.29, 0.717) is 24.3 Å². The minimum atomic E-state index is -0.650. The van der Waals surface area contributed by atoms with Gasteiger partial charge in [-0.2, -0.15) is 0 Å². The summed E-state index contributed by atoms with van der Waals surface area (Å²) in [5, 5.41) is 2.90. The lowest BCUT2D eigenvalue weighted by molar-refractivity contribution is -0.125. The first-order valence-electron chi connectivity index (χ1n) is 11.5. The zero-order chi connectivity index (χ0) is 25.4. The van der Waals surface area contributed by atoms with Crippen LogP contribution in [0, 0.1) is 0 Å². The predicted molar refractivity (Wildman–Crippen MR) is 134 cm³/mol. The molecule has 0 aliphatic carbocycles. The highest BCUT2D eigenvalue weighted by Gasteiger charge is 2.34. The van der Waals surface area contributed by atoms with Gasteiger partial charge >= 0.3 is 12.1 Å². The molecule has 0 aromatic heterocycles. The van der Waals surface area contributed by atoms with Gasteiger partial charge < -0.3 is 20.9 Å². The third kappa shape index (κ3) is 4.26. The van der Waals surface area contributed by atoms with E-state index < -0.39 is 11.9 Å². The van der Waals surface area contributed by atoms with Crippen LogP contribution in [0.4, 0.5) is 15.3 Å². The largest absolute Gasteiger partial charge is 0.366 e. The van der Waals surface area contributed by atoms with Crippen molar-refractivity contribution in [1.82, 2.24) is 14.7 Å². The number of anilines is 1. The molecule has 0 radical (unpaired) electrons. The molecule has 0 spiro atoms. The molecule has 5 rings (SSSR count). The van der Waals surface area contributed by atoms with Crippen molar-refractivity contribution in [3.63, 3.8) is 0 Å². The molecule has 0 atom stereocenters. The topological polar surface area (TPSA) is 116 Å². The molecule has 3 N–H and O–H groups in total. The molecule has 182 valence electrons. The number of likely N-dealkylation sites (N-methyl/N-ethyl adjacent to an activating group) is 1. The Balaban J connectivity index is 1.46. The Bertz CT molecular complexity index is 1350. The number of nitrogens with one attached hydrogen (secondary N) is 1. The highest BCUT2D eigenvalue weighted by atomic mass is 16.2. The van der Waals surface area contributed by atoms with E-state index in [-0.39, 0.29) is 30.6 Å². The number of nitrogens with zero attached hydrogens (tertiary/aromatic N) is 3. The number of fused-ring (bicyclic) bond motifs is 3. The van der Waals surface area contributed by atoms with Crippen molar-refractivity contribution in [1.29, 1.82) is 0 Å². The molecule has 9 nitrogen and oxygen atoms in total. The van der Waals surface area contributed by atoms with Gasteiger partial charge in [0.15, 0.2) is 0 Å². The molecule has 2 aliphatic rings. The molecule has 2 heterocycles. The Labute approximate surface area is 208 Å². The molecule has 3 aromatic rings. The van der Waals surface area contributed by atoms with Gasteiger partial charge in [0.2, 0.25) is 5.91 Å². The Morgan fingerprint density at radius 2 is 1.50 bits per heavy atom. The van der Waals surface area contributed by atoms with Crippen LogP contribution in [-0.2, 0) is 24.4 Å². The summed E-state index contributed by atoms with van der Waals surface area (Å²) in [4.78, 5) is 54.2. The van der Waals surface area contributed by atoms with Gasteiger partial charge in [-0.15, -0.1) is 0 Å². The first-order valence-corrected chi connectivity index (χ1v) is 11.5. The van der Waals surface area contributed by atoms with E-state index in [2.05, 4.69) is 5.32 Å². The fraction of sp³-hybridized carbons (Fsp3) is 0.185. The third-order valence-electron chi connectivity index (χ3n) is 6.53. The maximum absolute atomic E-state index is 13.5. The summed E-state index contributed by atoms with van der Waals surface area (Å²) in [5.41, 5.74) is 10.7. The van der Waals surface area contributed by atoms with E-state index in [1.807, 2.05) is 48.5 Å². The Hall–Kier alpha value is -4.66. The van der Waals surface area contributed by atoms with Crippen LogP contribution < -0.4 is 11.1 Å². The zero-order valence-corrected chi connectivity index (χ0v) is 19.7. The second kappa shape index (κ2) is 9.18. The number of carbonyl (C=O) groups is 4. The van der Waals surface area contributed by atoms with Gasteiger partial charge in [-0.3, -0.25) is 14.5 Å². The Kier molecular flexibility index (Phi) is 5.89. The van der Waals surface area contributed by atoms with E-state index in [9.17, 15) is 19.2 Å². The van der Waals surface area contributed by atoms with Gasteiger partial charge in [0.1, 0.15) is 6.54 Å². The van der Waals surface area contributed by atoms with Crippen molar-refractivity contribution in [3.8, 4) is 11.1 Å². The van der Waals surface area contributed by atoms with Crippen LogP contribution in [0.1, 0.15) is 27.0 Å². The molecule has 6 amide bonds. The molecular formula is C27H25N5O4. The number of nitrogens with two attached hydrogens (primary N) is 1. The van der Waals surface area contributed by atoms with Gasteiger partial charge in [0.25, 0.3) is 5.91 Å². The number of benzene rings is 3. The summed E-state index contributed by atoms with van der Waals surface area (Å²) >= 11 is 0. The predicted octanol–water partition coefficient (Wildman–Crippen LogP) is 3.39. The average molecular weight is 484 g/mol. The maximum Gasteiger partial charge on any atom is 0.327 e. The highest BCUT2D eigenvalue weighted by molar-refractivity contribution is 6.02. The molecule has 36 heavy (non-hydrogen) atoms. The summed E-state index contributed by atoms with van der Waals surface area (Å²) in [6.45, 7) is 0.722. The second-order valence-electron chi connectivity index (χ2n) is 8.96. The fourth-order valence-electron chi connectivity index (χ4n) is 4.63. The summed E-state index contributed by atoms with van der Waals surface area (Å²) in [7, 11) is 1.55. The first-order chi connectivity index (χ1) is 17.3. The standard InChI is InChI=1S/C27H25N5O4/c1-30-16-24(33)32(27(30)36)15-20-11-10-17(25(28)34)12-23(20)29-26(35)31-13-18-6-2-4-8-21(18)22-9-5-3-7-19(22)14-31/h2-12H,13-16H2,1H3,(H2,28,34)(H,29,35). The van der Waals surface area contributed by atoms with Crippen molar-refractivity contribution in [3.05, 3.63) is 89.0 Å². The number of urea groups is 2. The molecule has 0 bridgehead atoms. The van der Waals surface area contributed by atoms with Crippen LogP contribution in [0.3, 0.4) is 0 Å². The van der Waals surface area contributed by atoms with Gasteiger partial charge in [-0.1, -0.05) is 54.6 Å². The van der Waals surface area contributed by atoms with Crippen molar-refractivity contribution in [2.45, 2.75) is 19.6 Å². The lowest BCUT2D eigenvalue weighted by Crippen LogP contribution is -2.35. The number of hydrogen-bond acceptors (Lipinski definition) is 4. The monoisotopic (exact) mass is 483 g/mol. The van der Waals surface area contributed by atoms with Crippen molar-refractivity contribution in [2.24, 2.45) is 5.73 Å². The molecular weight excluding hydrogens is 458 g/mol. The van der Waals surface area contributed by atoms with Crippen LogP contribution in [0.25, 0.3) is 11.1 Å². The SMILES string of the molecule is CN1CC(=O)N(Cc2ccc(C(N)=O)cc2NC(=O)N2Cc3ccccc3-c3ccccc3C2)C1=O. The van der Waals surface area contributed by atoms with Crippen LogP contribution in [0.5, 0.6) is 0 Å². The lowest BCUT2D eigenvalue weighted by atomic mass is 9.97.